The van der Waals surface area contributed by atoms with Gasteiger partial charge in [-0.05, 0) is 86.3 Å². The minimum atomic E-state index is 1.08. The van der Waals surface area contributed by atoms with Crippen molar-refractivity contribution in [2.75, 3.05) is 4.90 Å². The standard InChI is InChI=1S/C56H38N2/c1-2-16-41(17-3-1)48-24-8-11-29-53(48)57(43-34-32-42(33-35-43)46-27-14-20-39-18-4-6-22-45(39)46)44-36-37-52-51-26-10-13-31-55(51)58(56(52)38-44)54-30-12-9-25-50(54)49-28-15-21-40-19-5-7-23-47(40)49/h1-38H. The van der Waals surface area contributed by atoms with Crippen LogP contribution < -0.4 is 4.90 Å². The van der Waals surface area contributed by atoms with Gasteiger partial charge in [-0.15, -0.1) is 0 Å². The maximum absolute atomic E-state index is 2.47. The molecule has 0 aliphatic carbocycles. The first-order chi connectivity index (χ1) is 28.8. The van der Waals surface area contributed by atoms with E-state index in [1.165, 1.54) is 71.2 Å². The average Bonchev–Trinajstić information content (AvgIpc) is 3.63. The second-order valence-corrected chi connectivity index (χ2v) is 14.9. The summed E-state index contributed by atoms with van der Waals surface area (Å²) in [6.07, 6.45) is 0. The van der Waals surface area contributed by atoms with E-state index in [-0.39, 0.29) is 0 Å². The number of nitrogens with zero attached hydrogens (tertiary/aromatic N) is 2. The van der Waals surface area contributed by atoms with Crippen molar-refractivity contribution in [3.8, 4) is 39.1 Å². The molecule has 11 rings (SSSR count). The van der Waals surface area contributed by atoms with Crippen molar-refractivity contribution in [3.05, 3.63) is 231 Å². The van der Waals surface area contributed by atoms with E-state index in [2.05, 4.69) is 240 Å². The zero-order chi connectivity index (χ0) is 38.4. The Hall–Kier alpha value is -7.68. The highest BCUT2D eigenvalue weighted by molar-refractivity contribution is 6.11. The lowest BCUT2D eigenvalue weighted by atomic mass is 9.97. The second kappa shape index (κ2) is 14.1. The van der Waals surface area contributed by atoms with Gasteiger partial charge in [0.25, 0.3) is 0 Å². The predicted octanol–water partition coefficient (Wildman–Crippen LogP) is 15.6. The molecule has 0 fully saturated rings. The Balaban J connectivity index is 1.14. The van der Waals surface area contributed by atoms with E-state index in [9.17, 15) is 0 Å². The molecular formula is C56H38N2. The third-order valence-electron chi connectivity index (χ3n) is 11.6. The van der Waals surface area contributed by atoms with E-state index in [1.54, 1.807) is 0 Å². The molecule has 0 spiro atoms. The zero-order valence-corrected chi connectivity index (χ0v) is 31.8. The molecule has 0 saturated heterocycles. The summed E-state index contributed by atoms with van der Waals surface area (Å²) < 4.78 is 2.47. The summed E-state index contributed by atoms with van der Waals surface area (Å²) in [6.45, 7) is 0. The Labute approximate surface area is 338 Å². The van der Waals surface area contributed by atoms with E-state index in [1.807, 2.05) is 0 Å². The van der Waals surface area contributed by atoms with Gasteiger partial charge < -0.3 is 9.47 Å². The smallest absolute Gasteiger partial charge is 0.0562 e. The first-order valence-corrected chi connectivity index (χ1v) is 19.9. The highest BCUT2D eigenvalue weighted by Gasteiger charge is 2.21. The Morgan fingerprint density at radius 2 is 0.810 bits per heavy atom. The lowest BCUT2D eigenvalue weighted by Gasteiger charge is -2.28. The van der Waals surface area contributed by atoms with Gasteiger partial charge in [0.2, 0.25) is 0 Å². The molecule has 58 heavy (non-hydrogen) atoms. The largest absolute Gasteiger partial charge is 0.310 e. The molecule has 1 heterocycles. The molecule has 0 atom stereocenters. The maximum Gasteiger partial charge on any atom is 0.0562 e. The third-order valence-corrected chi connectivity index (χ3v) is 11.6. The van der Waals surface area contributed by atoms with Crippen LogP contribution in [-0.2, 0) is 0 Å². The molecular weight excluding hydrogens is 701 g/mol. The third kappa shape index (κ3) is 5.66. The number of fused-ring (bicyclic) bond motifs is 5. The second-order valence-electron chi connectivity index (χ2n) is 14.9. The van der Waals surface area contributed by atoms with Gasteiger partial charge in [0, 0.05) is 33.3 Å². The summed E-state index contributed by atoms with van der Waals surface area (Å²) in [5.41, 5.74) is 14.0. The van der Waals surface area contributed by atoms with Crippen molar-refractivity contribution in [1.29, 1.82) is 0 Å². The monoisotopic (exact) mass is 738 g/mol. The van der Waals surface area contributed by atoms with Crippen LogP contribution in [-0.4, -0.2) is 4.57 Å². The topological polar surface area (TPSA) is 8.17 Å². The number of hydrogen-bond donors (Lipinski definition) is 0. The van der Waals surface area contributed by atoms with Crippen LogP contribution in [0.5, 0.6) is 0 Å². The number of benzene rings is 10. The first-order valence-electron chi connectivity index (χ1n) is 19.9. The normalized spacial score (nSPS) is 11.4. The van der Waals surface area contributed by atoms with Crippen LogP contribution in [0.15, 0.2) is 231 Å². The van der Waals surface area contributed by atoms with Crippen LogP contribution in [0.3, 0.4) is 0 Å². The Kier molecular flexibility index (Phi) is 8.19. The van der Waals surface area contributed by atoms with Crippen molar-refractivity contribution < 1.29 is 0 Å². The van der Waals surface area contributed by atoms with E-state index >= 15 is 0 Å². The molecule has 0 radical (unpaired) electrons. The van der Waals surface area contributed by atoms with E-state index in [4.69, 9.17) is 0 Å². The van der Waals surface area contributed by atoms with Gasteiger partial charge in [-0.3, -0.25) is 0 Å². The molecule has 0 aliphatic rings. The lowest BCUT2D eigenvalue weighted by molar-refractivity contribution is 1.18. The Bertz CT molecular complexity index is 3270. The Morgan fingerprint density at radius 3 is 1.59 bits per heavy atom. The molecule has 2 nitrogen and oxygen atoms in total. The first kappa shape index (κ1) is 33.6. The predicted molar refractivity (Wildman–Crippen MR) is 247 cm³/mol. The van der Waals surface area contributed by atoms with E-state index in [0.29, 0.717) is 0 Å². The van der Waals surface area contributed by atoms with Crippen LogP contribution in [0, 0.1) is 0 Å². The molecule has 0 N–H and O–H groups in total. The number of aromatic nitrogens is 1. The minimum absolute atomic E-state index is 1.08. The molecule has 10 aromatic carbocycles. The van der Waals surface area contributed by atoms with Crippen LogP contribution in [0.25, 0.3) is 82.4 Å². The molecule has 2 heteroatoms. The molecule has 0 amide bonds. The summed E-state index contributed by atoms with van der Waals surface area (Å²) >= 11 is 0. The van der Waals surface area contributed by atoms with E-state index < -0.39 is 0 Å². The summed E-state index contributed by atoms with van der Waals surface area (Å²) in [4.78, 5) is 2.42. The fourth-order valence-electron chi connectivity index (χ4n) is 8.94. The molecule has 272 valence electrons. The maximum atomic E-state index is 2.47. The molecule has 0 aliphatic heterocycles. The fraction of sp³-hybridized carbons (Fsp3) is 0. The van der Waals surface area contributed by atoms with Crippen molar-refractivity contribution in [2.24, 2.45) is 0 Å². The molecule has 0 unspecified atom stereocenters. The van der Waals surface area contributed by atoms with Gasteiger partial charge in [0.1, 0.15) is 0 Å². The van der Waals surface area contributed by atoms with Crippen molar-refractivity contribution in [3.63, 3.8) is 0 Å². The minimum Gasteiger partial charge on any atom is -0.310 e. The highest BCUT2D eigenvalue weighted by Crippen LogP contribution is 2.45. The summed E-state index contributed by atoms with van der Waals surface area (Å²) in [5, 5.41) is 7.43. The fourth-order valence-corrected chi connectivity index (χ4v) is 8.94. The SMILES string of the molecule is c1ccc(-c2ccccc2N(c2ccc(-c3cccc4ccccc34)cc2)c2ccc3c4ccccc4n(-c4ccccc4-c4cccc5ccccc45)c3c2)cc1. The van der Waals surface area contributed by atoms with Gasteiger partial charge >= 0.3 is 0 Å². The number of rotatable bonds is 7. The summed E-state index contributed by atoms with van der Waals surface area (Å²) in [6, 6.07) is 83.7. The highest BCUT2D eigenvalue weighted by atomic mass is 15.1. The van der Waals surface area contributed by atoms with Crippen LogP contribution >= 0.6 is 0 Å². The summed E-state index contributed by atoms with van der Waals surface area (Å²) in [5.74, 6) is 0. The van der Waals surface area contributed by atoms with Gasteiger partial charge in [0.15, 0.2) is 0 Å². The molecule has 0 bridgehead atoms. The van der Waals surface area contributed by atoms with Crippen molar-refractivity contribution in [2.45, 2.75) is 0 Å². The van der Waals surface area contributed by atoms with Crippen molar-refractivity contribution in [1.82, 2.24) is 4.57 Å². The van der Waals surface area contributed by atoms with Gasteiger partial charge in [-0.25, -0.2) is 0 Å². The zero-order valence-electron chi connectivity index (χ0n) is 31.8. The van der Waals surface area contributed by atoms with Crippen molar-refractivity contribution >= 4 is 60.4 Å². The summed E-state index contributed by atoms with van der Waals surface area (Å²) in [7, 11) is 0. The molecule has 1 aromatic heterocycles. The van der Waals surface area contributed by atoms with Crippen LogP contribution in [0.1, 0.15) is 0 Å². The average molecular weight is 739 g/mol. The van der Waals surface area contributed by atoms with Crippen LogP contribution in [0.4, 0.5) is 17.1 Å². The van der Waals surface area contributed by atoms with Gasteiger partial charge in [-0.2, -0.15) is 0 Å². The van der Waals surface area contributed by atoms with Gasteiger partial charge in [-0.1, -0.05) is 188 Å². The Morgan fingerprint density at radius 1 is 0.293 bits per heavy atom. The van der Waals surface area contributed by atoms with E-state index in [0.717, 1.165) is 28.3 Å². The van der Waals surface area contributed by atoms with Crippen LogP contribution in [0.2, 0.25) is 0 Å². The molecule has 11 aromatic rings. The quantitative estimate of drug-likeness (QED) is 0.158. The number of para-hydroxylation sites is 3. The number of hydrogen-bond acceptors (Lipinski definition) is 1. The number of anilines is 3. The van der Waals surface area contributed by atoms with Gasteiger partial charge in [0.05, 0.1) is 22.4 Å². The molecule has 0 saturated carbocycles. The lowest BCUT2D eigenvalue weighted by Crippen LogP contribution is -2.11.